The molecule has 0 aliphatic carbocycles. The molecule has 0 N–H and O–H groups in total. The highest BCUT2D eigenvalue weighted by Crippen LogP contribution is 2.30. The molecule has 3 rings (SSSR count). The Bertz CT molecular complexity index is 670. The van der Waals surface area contributed by atoms with E-state index in [-0.39, 0.29) is 5.91 Å². The number of aliphatic imine (C=N–C) groups is 1. The Morgan fingerprint density at radius 2 is 1.96 bits per heavy atom. The molecule has 0 saturated carbocycles. The first-order valence-corrected chi connectivity index (χ1v) is 8.50. The van der Waals surface area contributed by atoms with E-state index in [1.54, 1.807) is 0 Å². The maximum atomic E-state index is 12.1. The molecule has 1 saturated heterocycles. The summed E-state index contributed by atoms with van der Waals surface area (Å²) in [6.07, 6.45) is 2.46. The van der Waals surface area contributed by atoms with Crippen molar-refractivity contribution in [1.82, 2.24) is 9.80 Å². The van der Waals surface area contributed by atoms with Gasteiger partial charge in [0, 0.05) is 39.1 Å². The van der Waals surface area contributed by atoms with Crippen LogP contribution in [-0.2, 0) is 4.79 Å². The minimum Gasteiger partial charge on any atom is -0.348 e. The average molecular weight is 326 g/mol. The summed E-state index contributed by atoms with van der Waals surface area (Å²) >= 11 is 1.46. The Hall–Kier alpha value is -2.10. The van der Waals surface area contributed by atoms with Gasteiger partial charge in [-0.15, -0.1) is 0 Å². The van der Waals surface area contributed by atoms with E-state index >= 15 is 0 Å². The maximum absolute atomic E-state index is 12.1. The van der Waals surface area contributed by atoms with Crippen LogP contribution >= 0.6 is 11.8 Å². The van der Waals surface area contributed by atoms with E-state index in [1.807, 2.05) is 36.4 Å². The minimum atomic E-state index is -0.152. The van der Waals surface area contributed by atoms with Gasteiger partial charge >= 0.3 is 0 Å². The molecule has 2 aliphatic rings. The molecule has 0 aromatic heterocycles. The minimum absolute atomic E-state index is 0.152. The fourth-order valence-corrected chi connectivity index (χ4v) is 3.57. The summed E-state index contributed by atoms with van der Waals surface area (Å²) < 4.78 is 0. The van der Waals surface area contributed by atoms with E-state index < -0.39 is 0 Å². The largest absolute Gasteiger partial charge is 0.348 e. The fraction of sp³-hybridized carbons (Fsp3) is 0.353. The molecule has 2 heterocycles. The molecule has 0 unspecified atom stereocenters. The third kappa shape index (κ3) is 4.01. The monoisotopic (exact) mass is 326 g/mol. The van der Waals surface area contributed by atoms with Crippen molar-refractivity contribution >= 4 is 28.9 Å². The third-order valence-corrected chi connectivity index (χ3v) is 4.93. The lowest BCUT2D eigenvalue weighted by Gasteiger charge is -2.34. The lowest BCUT2D eigenvalue weighted by Crippen LogP contribution is -2.47. The van der Waals surface area contributed by atoms with Crippen LogP contribution in [0.1, 0.15) is 12.0 Å². The summed E-state index contributed by atoms with van der Waals surface area (Å²) in [4.78, 5) is 21.4. The number of carbonyl (C=O) groups excluding carboxylic acids is 1. The van der Waals surface area contributed by atoms with Crippen molar-refractivity contribution in [1.29, 1.82) is 5.26 Å². The van der Waals surface area contributed by atoms with Crippen LogP contribution in [0.25, 0.3) is 6.08 Å². The lowest BCUT2D eigenvalue weighted by molar-refractivity contribution is -0.113. The number of rotatable bonds is 3. The quantitative estimate of drug-likeness (QED) is 0.797. The molecule has 0 bridgehead atoms. The van der Waals surface area contributed by atoms with E-state index in [4.69, 9.17) is 5.26 Å². The number of nitrogens with zero attached hydrogens (tertiary/aromatic N) is 4. The van der Waals surface area contributed by atoms with Crippen molar-refractivity contribution in [3.8, 4) is 6.07 Å². The Morgan fingerprint density at radius 3 is 2.65 bits per heavy atom. The van der Waals surface area contributed by atoms with E-state index in [0.717, 1.165) is 43.5 Å². The van der Waals surface area contributed by atoms with Gasteiger partial charge in [0.05, 0.1) is 11.0 Å². The number of amides is 1. The second kappa shape index (κ2) is 7.44. The van der Waals surface area contributed by atoms with Gasteiger partial charge in [-0.1, -0.05) is 30.3 Å². The number of nitriles is 1. The Kier molecular flexibility index (Phi) is 5.11. The second-order valence-electron chi connectivity index (χ2n) is 5.46. The first-order chi connectivity index (χ1) is 11.3. The summed E-state index contributed by atoms with van der Waals surface area (Å²) in [7, 11) is 0. The molecule has 23 heavy (non-hydrogen) atoms. The van der Waals surface area contributed by atoms with Crippen molar-refractivity contribution in [2.75, 3.05) is 32.7 Å². The molecule has 2 aliphatic heterocycles. The standard InChI is InChI=1S/C17H18N4OS/c18-7-4-8-20-9-11-21(12-10-20)17-19-16(22)15(23-17)13-14-5-2-1-3-6-14/h1-3,5-6,13H,4,8-12H2. The van der Waals surface area contributed by atoms with Gasteiger partial charge in [0.2, 0.25) is 0 Å². The fourth-order valence-electron chi connectivity index (χ4n) is 2.60. The van der Waals surface area contributed by atoms with Gasteiger partial charge in [-0.25, -0.2) is 0 Å². The van der Waals surface area contributed by atoms with E-state index in [1.165, 1.54) is 11.8 Å². The molecule has 0 atom stereocenters. The summed E-state index contributed by atoms with van der Waals surface area (Å²) in [5, 5.41) is 9.45. The van der Waals surface area contributed by atoms with Crippen LogP contribution in [0.15, 0.2) is 40.2 Å². The van der Waals surface area contributed by atoms with Crippen molar-refractivity contribution < 1.29 is 4.79 Å². The highest BCUT2D eigenvalue weighted by Gasteiger charge is 2.28. The number of hydrogen-bond acceptors (Lipinski definition) is 5. The Labute approximate surface area is 140 Å². The van der Waals surface area contributed by atoms with Crippen LogP contribution in [0.3, 0.4) is 0 Å². The number of benzene rings is 1. The molecule has 0 spiro atoms. The van der Waals surface area contributed by atoms with Gasteiger partial charge in [0.15, 0.2) is 5.17 Å². The highest BCUT2D eigenvalue weighted by molar-refractivity contribution is 8.18. The van der Waals surface area contributed by atoms with Gasteiger partial charge in [-0.3, -0.25) is 9.69 Å². The SMILES string of the molecule is N#CCCN1CCN(C2=NC(=O)C(=Cc3ccccc3)S2)CC1. The highest BCUT2D eigenvalue weighted by atomic mass is 32.2. The average Bonchev–Trinajstić information content (AvgIpc) is 2.95. The van der Waals surface area contributed by atoms with Crippen LogP contribution in [0, 0.1) is 11.3 Å². The van der Waals surface area contributed by atoms with Crippen LogP contribution < -0.4 is 0 Å². The molecule has 6 heteroatoms. The number of amidine groups is 1. The van der Waals surface area contributed by atoms with Crippen LogP contribution in [0.4, 0.5) is 0 Å². The Balaban J connectivity index is 1.59. The number of carbonyl (C=O) groups is 1. The summed E-state index contributed by atoms with van der Waals surface area (Å²) in [6, 6.07) is 12.0. The molecule has 1 amide bonds. The topological polar surface area (TPSA) is 59.7 Å². The van der Waals surface area contributed by atoms with Crippen molar-refractivity contribution in [3.63, 3.8) is 0 Å². The summed E-state index contributed by atoms with van der Waals surface area (Å²) in [5.41, 5.74) is 1.01. The zero-order valence-electron chi connectivity index (χ0n) is 12.8. The van der Waals surface area contributed by atoms with E-state index in [9.17, 15) is 4.79 Å². The molecule has 118 valence electrons. The first kappa shape index (κ1) is 15.8. The predicted molar refractivity (Wildman–Crippen MR) is 92.7 cm³/mol. The summed E-state index contributed by atoms with van der Waals surface area (Å²) in [5.74, 6) is -0.152. The normalized spacial score (nSPS) is 20.7. The molecule has 1 aromatic rings. The first-order valence-electron chi connectivity index (χ1n) is 7.68. The predicted octanol–water partition coefficient (Wildman–Crippen LogP) is 2.19. The molecule has 5 nitrogen and oxygen atoms in total. The molecular formula is C17H18N4OS. The van der Waals surface area contributed by atoms with Crippen molar-refractivity contribution in [2.24, 2.45) is 4.99 Å². The maximum Gasteiger partial charge on any atom is 0.286 e. The van der Waals surface area contributed by atoms with Crippen molar-refractivity contribution in [3.05, 3.63) is 40.8 Å². The van der Waals surface area contributed by atoms with Gasteiger partial charge in [0.1, 0.15) is 0 Å². The lowest BCUT2D eigenvalue weighted by atomic mass is 10.2. The van der Waals surface area contributed by atoms with Gasteiger partial charge in [0.25, 0.3) is 5.91 Å². The Morgan fingerprint density at radius 1 is 1.22 bits per heavy atom. The van der Waals surface area contributed by atoms with Crippen molar-refractivity contribution in [2.45, 2.75) is 6.42 Å². The molecule has 1 fully saturated rings. The zero-order valence-corrected chi connectivity index (χ0v) is 13.6. The number of hydrogen-bond donors (Lipinski definition) is 0. The molecule has 1 aromatic carbocycles. The van der Waals surface area contributed by atoms with Crippen LogP contribution in [0.5, 0.6) is 0 Å². The molecular weight excluding hydrogens is 308 g/mol. The van der Waals surface area contributed by atoms with Crippen LogP contribution in [0.2, 0.25) is 0 Å². The van der Waals surface area contributed by atoms with Crippen LogP contribution in [-0.4, -0.2) is 53.6 Å². The molecule has 0 radical (unpaired) electrons. The van der Waals surface area contributed by atoms with Gasteiger partial charge in [-0.05, 0) is 23.4 Å². The van der Waals surface area contributed by atoms with Gasteiger partial charge in [-0.2, -0.15) is 10.3 Å². The zero-order chi connectivity index (χ0) is 16.1. The van der Waals surface area contributed by atoms with E-state index in [2.05, 4.69) is 20.9 Å². The third-order valence-electron chi connectivity index (χ3n) is 3.89. The number of thioether (sulfide) groups is 1. The van der Waals surface area contributed by atoms with Gasteiger partial charge < -0.3 is 4.90 Å². The summed E-state index contributed by atoms with van der Waals surface area (Å²) in [6.45, 7) is 4.34. The number of piperazine rings is 1. The second-order valence-corrected chi connectivity index (χ2v) is 6.47. The smallest absolute Gasteiger partial charge is 0.286 e. The van der Waals surface area contributed by atoms with E-state index in [0.29, 0.717) is 11.3 Å².